The van der Waals surface area contributed by atoms with Gasteiger partial charge in [0, 0.05) is 5.56 Å². The average molecular weight is 444 g/mol. The Morgan fingerprint density at radius 3 is 2.25 bits per heavy atom. The van der Waals surface area contributed by atoms with E-state index in [1.165, 1.54) is 0 Å². The second-order valence-electron chi connectivity index (χ2n) is 8.61. The van der Waals surface area contributed by atoms with Crippen LogP contribution in [0.15, 0.2) is 48.5 Å². The molecule has 0 spiro atoms. The molecule has 0 aliphatic carbocycles. The van der Waals surface area contributed by atoms with Crippen molar-refractivity contribution in [1.82, 2.24) is 5.32 Å². The molecule has 1 amide bonds. The third kappa shape index (κ3) is 7.48. The van der Waals surface area contributed by atoms with Gasteiger partial charge in [0.1, 0.15) is 29.2 Å². The topological polar surface area (TPSA) is 83.1 Å². The standard InChI is InChI=1S/C25H33NO6/c1-16-13-14-20(21(15-16)29-7)22(31-19-11-9-8-10-12-19)18(3)30-23(27)17(2)26-24(28)32-25(4,5)6/h8-15,17-18,22H,1-7H3,(H,26,28)/t17-,18-,22-/m0/s1. The maximum absolute atomic E-state index is 12.7. The number of aryl methyl sites for hydroxylation is 1. The summed E-state index contributed by atoms with van der Waals surface area (Å²) in [5.41, 5.74) is 1.11. The van der Waals surface area contributed by atoms with Gasteiger partial charge in [0.2, 0.25) is 0 Å². The number of nitrogens with one attached hydrogen (secondary N) is 1. The number of hydrogen-bond acceptors (Lipinski definition) is 6. The van der Waals surface area contributed by atoms with Crippen LogP contribution in [0.1, 0.15) is 51.8 Å². The third-order valence-corrected chi connectivity index (χ3v) is 4.52. The molecule has 0 aliphatic heterocycles. The minimum atomic E-state index is -0.899. The van der Waals surface area contributed by atoms with Gasteiger partial charge in [-0.15, -0.1) is 0 Å². The van der Waals surface area contributed by atoms with Crippen molar-refractivity contribution in [1.29, 1.82) is 0 Å². The zero-order valence-electron chi connectivity index (χ0n) is 19.8. The number of esters is 1. The van der Waals surface area contributed by atoms with Crippen molar-refractivity contribution < 1.29 is 28.5 Å². The van der Waals surface area contributed by atoms with Gasteiger partial charge in [-0.3, -0.25) is 0 Å². The summed E-state index contributed by atoms with van der Waals surface area (Å²) in [6, 6.07) is 14.1. The Morgan fingerprint density at radius 2 is 1.66 bits per heavy atom. The number of carbonyl (C=O) groups is 2. The maximum atomic E-state index is 12.7. The van der Waals surface area contributed by atoms with E-state index in [0.29, 0.717) is 11.5 Å². The molecule has 2 aromatic carbocycles. The van der Waals surface area contributed by atoms with Crippen LogP contribution in [0.25, 0.3) is 0 Å². The fourth-order valence-electron chi connectivity index (χ4n) is 3.00. The highest BCUT2D eigenvalue weighted by atomic mass is 16.6. The number of alkyl carbamates (subject to hydrolysis) is 1. The molecule has 0 heterocycles. The van der Waals surface area contributed by atoms with Crippen molar-refractivity contribution in [2.24, 2.45) is 0 Å². The van der Waals surface area contributed by atoms with E-state index < -0.39 is 35.9 Å². The highest BCUT2D eigenvalue weighted by Gasteiger charge is 2.30. The van der Waals surface area contributed by atoms with Gasteiger partial charge < -0.3 is 24.3 Å². The van der Waals surface area contributed by atoms with Crippen LogP contribution in [-0.2, 0) is 14.3 Å². The van der Waals surface area contributed by atoms with E-state index >= 15 is 0 Å². The first kappa shape index (κ1) is 25.0. The highest BCUT2D eigenvalue weighted by Crippen LogP contribution is 2.33. The fourth-order valence-corrected chi connectivity index (χ4v) is 3.00. The summed E-state index contributed by atoms with van der Waals surface area (Å²) in [5.74, 6) is 0.660. The van der Waals surface area contributed by atoms with Gasteiger partial charge in [-0.25, -0.2) is 9.59 Å². The van der Waals surface area contributed by atoms with Crippen LogP contribution < -0.4 is 14.8 Å². The molecule has 0 unspecified atom stereocenters. The first-order chi connectivity index (χ1) is 15.0. The van der Waals surface area contributed by atoms with E-state index in [1.807, 2.05) is 55.5 Å². The van der Waals surface area contributed by atoms with E-state index in [0.717, 1.165) is 11.1 Å². The van der Waals surface area contributed by atoms with Crippen molar-refractivity contribution in [2.45, 2.75) is 65.4 Å². The normalized spacial score (nSPS) is 14.0. The molecule has 0 radical (unpaired) electrons. The number of rotatable bonds is 8. The second-order valence-corrected chi connectivity index (χ2v) is 8.61. The Kier molecular flexibility index (Phi) is 8.52. The lowest BCUT2D eigenvalue weighted by atomic mass is 10.0. The van der Waals surface area contributed by atoms with Gasteiger partial charge in [0.05, 0.1) is 7.11 Å². The minimum absolute atomic E-state index is 0.601. The van der Waals surface area contributed by atoms with Crippen LogP contribution in [0.2, 0.25) is 0 Å². The van der Waals surface area contributed by atoms with E-state index in [-0.39, 0.29) is 0 Å². The molecular formula is C25H33NO6. The number of para-hydroxylation sites is 1. The molecule has 32 heavy (non-hydrogen) atoms. The zero-order valence-corrected chi connectivity index (χ0v) is 19.8. The van der Waals surface area contributed by atoms with E-state index in [2.05, 4.69) is 5.32 Å². The van der Waals surface area contributed by atoms with Gasteiger partial charge in [-0.05, 0) is 65.3 Å². The number of methoxy groups -OCH3 is 1. The molecule has 3 atom stereocenters. The summed E-state index contributed by atoms with van der Waals surface area (Å²) in [5, 5.41) is 2.50. The van der Waals surface area contributed by atoms with Crippen molar-refractivity contribution in [3.8, 4) is 11.5 Å². The first-order valence-corrected chi connectivity index (χ1v) is 10.6. The lowest BCUT2D eigenvalue weighted by Gasteiger charge is -2.28. The monoisotopic (exact) mass is 443 g/mol. The Labute approximate surface area is 190 Å². The van der Waals surface area contributed by atoms with E-state index in [9.17, 15) is 9.59 Å². The smallest absolute Gasteiger partial charge is 0.408 e. The first-order valence-electron chi connectivity index (χ1n) is 10.6. The maximum Gasteiger partial charge on any atom is 0.408 e. The van der Waals surface area contributed by atoms with Crippen molar-refractivity contribution in [3.05, 3.63) is 59.7 Å². The zero-order chi connectivity index (χ0) is 23.9. The molecule has 0 aliphatic rings. The van der Waals surface area contributed by atoms with Crippen molar-refractivity contribution >= 4 is 12.1 Å². The predicted molar refractivity (Wildman–Crippen MR) is 122 cm³/mol. The summed E-state index contributed by atoms with van der Waals surface area (Å²) in [6.07, 6.45) is -2.00. The molecule has 7 heteroatoms. The van der Waals surface area contributed by atoms with E-state index in [1.54, 1.807) is 41.7 Å². The van der Waals surface area contributed by atoms with Crippen LogP contribution in [0.4, 0.5) is 4.79 Å². The Hall–Kier alpha value is -3.22. The van der Waals surface area contributed by atoms with Crippen molar-refractivity contribution in [2.75, 3.05) is 7.11 Å². The number of amides is 1. The molecular weight excluding hydrogens is 410 g/mol. The predicted octanol–water partition coefficient (Wildman–Crippen LogP) is 4.97. The Bertz CT molecular complexity index is 906. The molecule has 174 valence electrons. The molecule has 2 aromatic rings. The van der Waals surface area contributed by atoms with Gasteiger partial charge >= 0.3 is 12.1 Å². The van der Waals surface area contributed by atoms with Crippen LogP contribution in [0.3, 0.4) is 0 Å². The van der Waals surface area contributed by atoms with Crippen LogP contribution >= 0.6 is 0 Å². The van der Waals surface area contributed by atoms with Gasteiger partial charge in [-0.1, -0.05) is 30.3 Å². The molecule has 0 bridgehead atoms. The third-order valence-electron chi connectivity index (χ3n) is 4.52. The largest absolute Gasteiger partial charge is 0.496 e. The van der Waals surface area contributed by atoms with Crippen LogP contribution in [-0.4, -0.2) is 36.9 Å². The molecule has 0 saturated heterocycles. The summed E-state index contributed by atoms with van der Waals surface area (Å²) in [4.78, 5) is 24.7. The summed E-state index contributed by atoms with van der Waals surface area (Å²) >= 11 is 0. The van der Waals surface area contributed by atoms with Gasteiger partial charge in [-0.2, -0.15) is 0 Å². The lowest BCUT2D eigenvalue weighted by molar-refractivity contribution is -0.155. The molecule has 0 aromatic heterocycles. The van der Waals surface area contributed by atoms with Crippen LogP contribution in [0.5, 0.6) is 11.5 Å². The summed E-state index contributed by atoms with van der Waals surface area (Å²) < 4.78 is 22.6. The average Bonchev–Trinajstić information content (AvgIpc) is 2.71. The van der Waals surface area contributed by atoms with Crippen LogP contribution in [0, 0.1) is 6.92 Å². The molecule has 0 saturated carbocycles. The van der Waals surface area contributed by atoms with Crippen molar-refractivity contribution in [3.63, 3.8) is 0 Å². The number of hydrogen-bond donors (Lipinski definition) is 1. The van der Waals surface area contributed by atoms with Gasteiger partial charge in [0.25, 0.3) is 0 Å². The van der Waals surface area contributed by atoms with Gasteiger partial charge in [0.15, 0.2) is 6.10 Å². The fraction of sp³-hybridized carbons (Fsp3) is 0.440. The second kappa shape index (κ2) is 10.9. The molecule has 0 fully saturated rings. The molecule has 1 N–H and O–H groups in total. The minimum Gasteiger partial charge on any atom is -0.496 e. The molecule has 2 rings (SSSR count). The number of ether oxygens (including phenoxy) is 4. The molecule has 7 nitrogen and oxygen atoms in total. The number of carbonyl (C=O) groups excluding carboxylic acids is 2. The summed E-state index contributed by atoms with van der Waals surface area (Å²) in [6.45, 7) is 10.5. The lowest BCUT2D eigenvalue weighted by Crippen LogP contribution is -2.43. The SMILES string of the molecule is COc1cc(C)ccc1[C@@H](Oc1ccccc1)[C@H](C)OC(=O)[C@H](C)NC(=O)OC(C)(C)C. The summed E-state index contributed by atoms with van der Waals surface area (Å²) in [7, 11) is 1.58. The van der Waals surface area contributed by atoms with E-state index in [4.69, 9.17) is 18.9 Å². The quantitative estimate of drug-likeness (QED) is 0.580. The highest BCUT2D eigenvalue weighted by molar-refractivity contribution is 5.81. The number of benzene rings is 2. The Balaban J connectivity index is 2.20. The Morgan fingerprint density at radius 1 is 1.00 bits per heavy atom.